The summed E-state index contributed by atoms with van der Waals surface area (Å²) in [5.74, 6) is 0. The monoisotopic (exact) mass is 490 g/mol. The van der Waals surface area contributed by atoms with Crippen LogP contribution in [0.2, 0.25) is 0 Å². The fraction of sp³-hybridized carbons (Fsp3) is 0.294. The Labute approximate surface area is 220 Å². The molecule has 188 valence electrons. The van der Waals surface area contributed by atoms with Crippen LogP contribution in [-0.2, 0) is 14.2 Å². The van der Waals surface area contributed by atoms with E-state index in [2.05, 4.69) is 113 Å². The number of aryl methyl sites for hydroxylation is 2. The summed E-state index contributed by atoms with van der Waals surface area (Å²) in [4.78, 5) is 0. The van der Waals surface area contributed by atoms with Crippen molar-refractivity contribution < 1.29 is 14.2 Å². The number of hydrogen-bond acceptors (Lipinski definition) is 3. The molecule has 3 nitrogen and oxygen atoms in total. The molecule has 3 heteroatoms. The highest BCUT2D eigenvalue weighted by Crippen LogP contribution is 2.41. The molecule has 6 rings (SSSR count). The number of epoxide rings is 2. The van der Waals surface area contributed by atoms with Crippen LogP contribution >= 0.6 is 0 Å². The Bertz CT molecular complexity index is 1290. The zero-order valence-corrected chi connectivity index (χ0v) is 22.0. The van der Waals surface area contributed by atoms with E-state index in [4.69, 9.17) is 14.2 Å². The van der Waals surface area contributed by atoms with Gasteiger partial charge in [-0.1, -0.05) is 84.9 Å². The summed E-state index contributed by atoms with van der Waals surface area (Å²) in [5, 5.41) is 0. The predicted molar refractivity (Wildman–Crippen MR) is 149 cm³/mol. The van der Waals surface area contributed by atoms with Gasteiger partial charge >= 0.3 is 0 Å². The molecule has 0 aromatic heterocycles. The highest BCUT2D eigenvalue weighted by atomic mass is 16.6. The molecule has 2 fully saturated rings. The fourth-order valence-corrected chi connectivity index (χ4v) is 5.21. The van der Waals surface area contributed by atoms with Gasteiger partial charge in [0, 0.05) is 0 Å². The largest absolute Gasteiger partial charge is 0.370 e. The standard InChI is InChI=1S/C34H34O3/c1-21-7-5-9-29(23(21)3)25-11-15-27(16-12-25)33(31-19-35-31)37-34(32-20-36-32)28-17-13-26(14-18-28)30-10-6-8-22(2)24(30)4/h5-18,31-34H,19-20H2,1-4H3. The van der Waals surface area contributed by atoms with E-state index in [1.807, 2.05) is 0 Å². The first kappa shape index (κ1) is 24.1. The molecule has 2 heterocycles. The van der Waals surface area contributed by atoms with Crippen LogP contribution < -0.4 is 0 Å². The minimum atomic E-state index is -0.124. The van der Waals surface area contributed by atoms with Gasteiger partial charge in [-0.3, -0.25) is 0 Å². The molecular formula is C34H34O3. The second-order valence-corrected chi connectivity index (χ2v) is 10.5. The van der Waals surface area contributed by atoms with E-state index < -0.39 is 0 Å². The Morgan fingerprint density at radius 2 is 0.946 bits per heavy atom. The lowest BCUT2D eigenvalue weighted by Gasteiger charge is -2.24. The summed E-state index contributed by atoms with van der Waals surface area (Å²) in [6.45, 7) is 10.2. The maximum Gasteiger partial charge on any atom is 0.112 e. The maximum atomic E-state index is 6.80. The molecule has 0 saturated carbocycles. The summed E-state index contributed by atoms with van der Waals surface area (Å²) < 4.78 is 18.3. The Morgan fingerprint density at radius 3 is 1.30 bits per heavy atom. The van der Waals surface area contributed by atoms with Crippen LogP contribution in [0.4, 0.5) is 0 Å². The third-order valence-electron chi connectivity index (χ3n) is 8.00. The summed E-state index contributed by atoms with van der Waals surface area (Å²) in [6, 6.07) is 30.6. The van der Waals surface area contributed by atoms with Gasteiger partial charge < -0.3 is 14.2 Å². The predicted octanol–water partition coefficient (Wildman–Crippen LogP) is 7.85. The summed E-state index contributed by atoms with van der Waals surface area (Å²) in [5.41, 5.74) is 12.6. The summed E-state index contributed by atoms with van der Waals surface area (Å²) in [7, 11) is 0. The molecule has 0 spiro atoms. The molecule has 0 bridgehead atoms. The number of benzene rings is 4. The van der Waals surface area contributed by atoms with Gasteiger partial charge in [0.05, 0.1) is 13.2 Å². The Balaban J connectivity index is 1.25. The Morgan fingerprint density at radius 1 is 0.568 bits per heavy atom. The molecule has 4 aromatic carbocycles. The van der Waals surface area contributed by atoms with E-state index in [1.165, 1.54) is 44.5 Å². The SMILES string of the molecule is Cc1cccc(-c2ccc(C(OC(c3ccc(-c4cccc(C)c4C)cc3)C3CO3)C3CO3)cc2)c1C. The van der Waals surface area contributed by atoms with E-state index in [0.29, 0.717) is 0 Å². The smallest absolute Gasteiger partial charge is 0.112 e. The molecule has 4 atom stereocenters. The quantitative estimate of drug-likeness (QED) is 0.236. The van der Waals surface area contributed by atoms with Crippen molar-refractivity contribution in [1.29, 1.82) is 0 Å². The first-order valence-corrected chi connectivity index (χ1v) is 13.2. The first-order chi connectivity index (χ1) is 18.0. The van der Waals surface area contributed by atoms with Crippen LogP contribution in [0.3, 0.4) is 0 Å². The average molecular weight is 491 g/mol. The molecule has 2 aliphatic heterocycles. The molecule has 2 saturated heterocycles. The minimum Gasteiger partial charge on any atom is -0.370 e. The van der Waals surface area contributed by atoms with Gasteiger partial charge in [-0.05, 0) is 83.3 Å². The highest BCUT2D eigenvalue weighted by Gasteiger charge is 2.42. The summed E-state index contributed by atoms with van der Waals surface area (Å²) >= 11 is 0. The van der Waals surface area contributed by atoms with Crippen molar-refractivity contribution in [3.05, 3.63) is 118 Å². The van der Waals surface area contributed by atoms with Crippen molar-refractivity contribution in [1.82, 2.24) is 0 Å². The molecule has 4 unspecified atom stereocenters. The molecule has 37 heavy (non-hydrogen) atoms. The highest BCUT2D eigenvalue weighted by molar-refractivity contribution is 5.69. The third kappa shape index (κ3) is 5.00. The minimum absolute atomic E-state index is 0.0852. The zero-order chi connectivity index (χ0) is 25.5. The second-order valence-electron chi connectivity index (χ2n) is 10.5. The molecule has 0 N–H and O–H groups in total. The Hall–Kier alpha value is -3.24. The van der Waals surface area contributed by atoms with E-state index in [9.17, 15) is 0 Å². The van der Waals surface area contributed by atoms with E-state index in [-0.39, 0.29) is 24.4 Å². The fourth-order valence-electron chi connectivity index (χ4n) is 5.21. The lowest BCUT2D eigenvalue weighted by atomic mass is 9.94. The number of rotatable bonds is 8. The first-order valence-electron chi connectivity index (χ1n) is 13.2. The number of ether oxygens (including phenoxy) is 3. The van der Waals surface area contributed by atoms with Crippen LogP contribution in [0, 0.1) is 27.7 Å². The van der Waals surface area contributed by atoms with Crippen molar-refractivity contribution in [3.8, 4) is 22.3 Å². The lowest BCUT2D eigenvalue weighted by molar-refractivity contribution is -0.0419. The molecular weight excluding hydrogens is 456 g/mol. The van der Waals surface area contributed by atoms with Crippen molar-refractivity contribution in [2.45, 2.75) is 52.1 Å². The van der Waals surface area contributed by atoms with Crippen molar-refractivity contribution >= 4 is 0 Å². The topological polar surface area (TPSA) is 34.3 Å². The van der Waals surface area contributed by atoms with Gasteiger partial charge in [-0.15, -0.1) is 0 Å². The van der Waals surface area contributed by atoms with Crippen LogP contribution in [0.25, 0.3) is 22.3 Å². The van der Waals surface area contributed by atoms with Crippen molar-refractivity contribution in [3.63, 3.8) is 0 Å². The van der Waals surface area contributed by atoms with Crippen LogP contribution in [-0.4, -0.2) is 25.4 Å². The molecule has 0 radical (unpaired) electrons. The maximum absolute atomic E-state index is 6.80. The van der Waals surface area contributed by atoms with Gasteiger partial charge in [-0.2, -0.15) is 0 Å². The van der Waals surface area contributed by atoms with Gasteiger partial charge in [-0.25, -0.2) is 0 Å². The zero-order valence-electron chi connectivity index (χ0n) is 22.0. The number of hydrogen-bond donors (Lipinski definition) is 0. The van der Waals surface area contributed by atoms with E-state index in [1.54, 1.807) is 0 Å². The van der Waals surface area contributed by atoms with E-state index in [0.717, 1.165) is 24.3 Å². The molecule has 0 amide bonds. The second kappa shape index (κ2) is 9.90. The Kier molecular flexibility index (Phi) is 6.46. The normalized spacial score (nSPS) is 19.9. The molecule has 4 aromatic rings. The lowest BCUT2D eigenvalue weighted by Crippen LogP contribution is -2.19. The third-order valence-corrected chi connectivity index (χ3v) is 8.00. The molecule has 2 aliphatic rings. The van der Waals surface area contributed by atoms with Gasteiger partial charge in [0.15, 0.2) is 0 Å². The van der Waals surface area contributed by atoms with Crippen LogP contribution in [0.1, 0.15) is 45.6 Å². The van der Waals surface area contributed by atoms with Crippen LogP contribution in [0.5, 0.6) is 0 Å². The van der Waals surface area contributed by atoms with Gasteiger partial charge in [0.1, 0.15) is 24.4 Å². The summed E-state index contributed by atoms with van der Waals surface area (Å²) in [6.07, 6.45) is -0.0786. The van der Waals surface area contributed by atoms with E-state index >= 15 is 0 Å². The van der Waals surface area contributed by atoms with Crippen LogP contribution in [0.15, 0.2) is 84.9 Å². The van der Waals surface area contributed by atoms with Gasteiger partial charge in [0.25, 0.3) is 0 Å². The average Bonchev–Trinajstić information content (AvgIpc) is 3.83. The van der Waals surface area contributed by atoms with Crippen molar-refractivity contribution in [2.75, 3.05) is 13.2 Å². The van der Waals surface area contributed by atoms with Crippen molar-refractivity contribution in [2.24, 2.45) is 0 Å². The van der Waals surface area contributed by atoms with Gasteiger partial charge in [0.2, 0.25) is 0 Å². The molecule has 0 aliphatic carbocycles.